The summed E-state index contributed by atoms with van der Waals surface area (Å²) < 4.78 is 15.7. The minimum absolute atomic E-state index is 0.111. The minimum Gasteiger partial charge on any atom is -0.356 e. The maximum Gasteiger partial charge on any atom is 0.203 e. The zero-order valence-electron chi connectivity index (χ0n) is 12.6. The highest BCUT2D eigenvalue weighted by Crippen LogP contribution is 2.18. The summed E-state index contributed by atoms with van der Waals surface area (Å²) in [6, 6.07) is 3.81. The van der Waals surface area contributed by atoms with Gasteiger partial charge >= 0.3 is 0 Å². The molecule has 0 amide bonds. The van der Waals surface area contributed by atoms with E-state index in [1.807, 2.05) is 25.3 Å². The number of benzene rings is 1. The molecule has 2 aromatic rings. The van der Waals surface area contributed by atoms with Crippen molar-refractivity contribution in [3.8, 4) is 0 Å². The number of aryl methyl sites for hydroxylation is 3. The molecule has 0 fully saturated rings. The van der Waals surface area contributed by atoms with Gasteiger partial charge in [-0.05, 0) is 43.9 Å². The zero-order chi connectivity index (χ0) is 14.7. The number of imidazole rings is 1. The lowest BCUT2D eigenvalue weighted by Crippen LogP contribution is -2.09. The Morgan fingerprint density at radius 3 is 2.45 bits per heavy atom. The first kappa shape index (κ1) is 14.6. The van der Waals surface area contributed by atoms with Gasteiger partial charge in [-0.1, -0.05) is 19.1 Å². The predicted molar refractivity (Wildman–Crippen MR) is 80.7 cm³/mol. The lowest BCUT2D eigenvalue weighted by molar-refractivity contribution is 0.607. The van der Waals surface area contributed by atoms with E-state index in [9.17, 15) is 4.39 Å². The van der Waals surface area contributed by atoms with E-state index >= 15 is 0 Å². The molecule has 0 aliphatic carbocycles. The number of nitrogens with zero attached hydrogens (tertiary/aromatic N) is 2. The molecule has 20 heavy (non-hydrogen) atoms. The highest BCUT2D eigenvalue weighted by molar-refractivity contribution is 5.34. The average molecular weight is 275 g/mol. The molecule has 0 radical (unpaired) electrons. The van der Waals surface area contributed by atoms with Crippen molar-refractivity contribution in [2.45, 2.75) is 40.7 Å². The molecule has 1 aromatic carbocycles. The van der Waals surface area contributed by atoms with Crippen LogP contribution in [0.2, 0.25) is 0 Å². The summed E-state index contributed by atoms with van der Waals surface area (Å²) in [4.78, 5) is 4.48. The highest BCUT2D eigenvalue weighted by atomic mass is 19.1. The molecular weight excluding hydrogens is 253 g/mol. The molecule has 0 unspecified atom stereocenters. The van der Waals surface area contributed by atoms with Crippen LogP contribution in [0.3, 0.4) is 0 Å². The van der Waals surface area contributed by atoms with E-state index < -0.39 is 0 Å². The number of hydrogen-bond donors (Lipinski definition) is 1. The Morgan fingerprint density at radius 1 is 1.20 bits per heavy atom. The molecule has 0 atom stereocenters. The molecule has 1 aromatic heterocycles. The average Bonchev–Trinajstić information content (AvgIpc) is 2.73. The third kappa shape index (κ3) is 3.18. The number of halogens is 1. The van der Waals surface area contributed by atoms with Gasteiger partial charge in [-0.2, -0.15) is 0 Å². The van der Waals surface area contributed by atoms with E-state index in [2.05, 4.69) is 21.8 Å². The Kier molecular flexibility index (Phi) is 4.42. The molecule has 0 saturated heterocycles. The fraction of sp³-hybridized carbons (Fsp3) is 0.438. The molecule has 2 rings (SSSR count). The Morgan fingerprint density at radius 2 is 1.85 bits per heavy atom. The largest absolute Gasteiger partial charge is 0.356 e. The first-order chi connectivity index (χ1) is 9.51. The van der Waals surface area contributed by atoms with Crippen LogP contribution >= 0.6 is 0 Å². The van der Waals surface area contributed by atoms with Gasteiger partial charge in [-0.15, -0.1) is 0 Å². The van der Waals surface area contributed by atoms with Gasteiger partial charge in [0, 0.05) is 12.7 Å². The van der Waals surface area contributed by atoms with E-state index in [1.165, 1.54) is 0 Å². The Balaban J connectivity index is 2.25. The molecule has 4 heteroatoms. The Labute approximate surface area is 119 Å². The molecule has 3 nitrogen and oxygen atoms in total. The van der Waals surface area contributed by atoms with Gasteiger partial charge in [-0.3, -0.25) is 0 Å². The summed E-state index contributed by atoms with van der Waals surface area (Å²) in [5, 5.41) is 3.32. The van der Waals surface area contributed by atoms with Crippen molar-refractivity contribution in [1.29, 1.82) is 0 Å². The zero-order valence-corrected chi connectivity index (χ0v) is 12.6. The summed E-state index contributed by atoms with van der Waals surface area (Å²) >= 11 is 0. The van der Waals surface area contributed by atoms with Gasteiger partial charge < -0.3 is 9.88 Å². The van der Waals surface area contributed by atoms with Gasteiger partial charge in [0.2, 0.25) is 5.95 Å². The minimum atomic E-state index is -0.111. The number of hydrogen-bond acceptors (Lipinski definition) is 2. The molecule has 0 saturated carbocycles. The Hall–Kier alpha value is -1.84. The quantitative estimate of drug-likeness (QED) is 0.899. The fourth-order valence-corrected chi connectivity index (χ4v) is 2.37. The molecule has 108 valence electrons. The van der Waals surface area contributed by atoms with Crippen LogP contribution in [0.1, 0.15) is 35.7 Å². The SMILES string of the molecule is CCCNc1nc(C)cn1Cc1cc(C)c(F)c(C)c1. The molecular formula is C16H22FN3. The molecule has 0 bridgehead atoms. The normalized spacial score (nSPS) is 10.8. The highest BCUT2D eigenvalue weighted by Gasteiger charge is 2.08. The molecule has 1 N–H and O–H groups in total. The smallest absolute Gasteiger partial charge is 0.203 e. The third-order valence-corrected chi connectivity index (χ3v) is 3.28. The molecule has 0 spiro atoms. The van der Waals surface area contributed by atoms with Crippen LogP contribution in [0.4, 0.5) is 10.3 Å². The summed E-state index contributed by atoms with van der Waals surface area (Å²) in [5.41, 5.74) is 3.47. The number of aromatic nitrogens is 2. The van der Waals surface area contributed by atoms with Crippen molar-refractivity contribution in [1.82, 2.24) is 9.55 Å². The van der Waals surface area contributed by atoms with Gasteiger partial charge in [-0.25, -0.2) is 9.37 Å². The van der Waals surface area contributed by atoms with Gasteiger partial charge in [0.1, 0.15) is 5.82 Å². The van der Waals surface area contributed by atoms with E-state index in [-0.39, 0.29) is 5.82 Å². The molecule has 0 aliphatic rings. The van der Waals surface area contributed by atoms with Crippen LogP contribution in [0, 0.1) is 26.6 Å². The van der Waals surface area contributed by atoms with E-state index in [0.29, 0.717) is 17.7 Å². The van der Waals surface area contributed by atoms with Crippen molar-refractivity contribution >= 4 is 5.95 Å². The Bertz CT molecular complexity index is 579. The predicted octanol–water partition coefficient (Wildman–Crippen LogP) is 3.82. The molecule has 1 heterocycles. The van der Waals surface area contributed by atoms with Crippen LogP contribution in [0.25, 0.3) is 0 Å². The van der Waals surface area contributed by atoms with Crippen molar-refractivity contribution in [2.75, 3.05) is 11.9 Å². The van der Waals surface area contributed by atoms with Crippen LogP contribution in [-0.4, -0.2) is 16.1 Å². The van der Waals surface area contributed by atoms with Crippen molar-refractivity contribution in [3.63, 3.8) is 0 Å². The van der Waals surface area contributed by atoms with Crippen LogP contribution in [0.15, 0.2) is 18.3 Å². The first-order valence-corrected chi connectivity index (χ1v) is 7.04. The second-order valence-corrected chi connectivity index (χ2v) is 5.30. The summed E-state index contributed by atoms with van der Waals surface area (Å²) in [7, 11) is 0. The third-order valence-electron chi connectivity index (χ3n) is 3.28. The maximum atomic E-state index is 13.7. The van der Waals surface area contributed by atoms with E-state index in [4.69, 9.17) is 0 Å². The van der Waals surface area contributed by atoms with Crippen LogP contribution in [-0.2, 0) is 6.54 Å². The van der Waals surface area contributed by atoms with E-state index in [0.717, 1.165) is 30.2 Å². The van der Waals surface area contributed by atoms with Crippen LogP contribution < -0.4 is 5.32 Å². The fourth-order valence-electron chi connectivity index (χ4n) is 2.37. The first-order valence-electron chi connectivity index (χ1n) is 7.04. The summed E-state index contributed by atoms with van der Waals surface area (Å²) in [6.07, 6.45) is 3.08. The maximum absolute atomic E-state index is 13.7. The lowest BCUT2D eigenvalue weighted by atomic mass is 10.1. The van der Waals surface area contributed by atoms with E-state index in [1.54, 1.807) is 13.8 Å². The van der Waals surface area contributed by atoms with Crippen molar-refractivity contribution < 1.29 is 4.39 Å². The topological polar surface area (TPSA) is 29.9 Å². The monoisotopic (exact) mass is 275 g/mol. The number of anilines is 1. The summed E-state index contributed by atoms with van der Waals surface area (Å²) in [6.45, 7) is 9.32. The van der Waals surface area contributed by atoms with Gasteiger partial charge in [0.05, 0.1) is 12.2 Å². The second-order valence-electron chi connectivity index (χ2n) is 5.30. The summed E-state index contributed by atoms with van der Waals surface area (Å²) in [5.74, 6) is 0.767. The van der Waals surface area contributed by atoms with Gasteiger partial charge in [0.25, 0.3) is 0 Å². The van der Waals surface area contributed by atoms with Crippen molar-refractivity contribution in [3.05, 3.63) is 46.5 Å². The van der Waals surface area contributed by atoms with Gasteiger partial charge in [0.15, 0.2) is 0 Å². The lowest BCUT2D eigenvalue weighted by Gasteiger charge is -2.11. The van der Waals surface area contributed by atoms with Crippen molar-refractivity contribution in [2.24, 2.45) is 0 Å². The number of rotatable bonds is 5. The standard InChI is InChI=1S/C16H22FN3/c1-5-6-18-16-19-13(4)9-20(16)10-14-7-11(2)15(17)12(3)8-14/h7-9H,5-6,10H2,1-4H3,(H,18,19). The molecule has 0 aliphatic heterocycles. The van der Waals surface area contributed by atoms with Crippen LogP contribution in [0.5, 0.6) is 0 Å². The second kappa shape index (κ2) is 6.07. The number of nitrogens with one attached hydrogen (secondary N) is 1.